The van der Waals surface area contributed by atoms with Gasteiger partial charge in [0.15, 0.2) is 0 Å². The zero-order valence-electron chi connectivity index (χ0n) is 22.7. The average molecular weight is 573 g/mol. The summed E-state index contributed by atoms with van der Waals surface area (Å²) in [6.45, 7) is 2.44. The van der Waals surface area contributed by atoms with Crippen LogP contribution < -0.4 is 19.7 Å². The number of piperidine rings is 1. The van der Waals surface area contributed by atoms with Crippen LogP contribution in [0.15, 0.2) is 97.5 Å². The summed E-state index contributed by atoms with van der Waals surface area (Å²) in [5.41, 5.74) is 3.07. The van der Waals surface area contributed by atoms with Crippen LogP contribution in [-0.4, -0.2) is 54.7 Å². The number of hydrogen-bond donors (Lipinski definition) is 2. The first-order chi connectivity index (χ1) is 19.8. The minimum atomic E-state index is -3.33. The van der Waals surface area contributed by atoms with Gasteiger partial charge in [0, 0.05) is 55.5 Å². The number of hydrogen-bond acceptors (Lipinski definition) is 7. The Hall–Kier alpha value is -4.48. The molecular weight excluding hydrogens is 540 g/mol. The smallest absolute Gasteiger partial charge is 0.326 e. The lowest BCUT2D eigenvalue weighted by molar-refractivity contribution is 0.199. The van der Waals surface area contributed by atoms with Crippen molar-refractivity contribution < 1.29 is 17.9 Å². The van der Waals surface area contributed by atoms with Gasteiger partial charge in [-0.15, -0.1) is 0 Å². The average Bonchev–Trinajstić information content (AvgIpc) is 2.97. The molecule has 0 aliphatic carbocycles. The van der Waals surface area contributed by atoms with Crippen molar-refractivity contribution in [2.24, 2.45) is 0 Å². The lowest BCUT2D eigenvalue weighted by Gasteiger charge is -2.38. The van der Waals surface area contributed by atoms with Gasteiger partial charge in [0.2, 0.25) is 15.9 Å². The van der Waals surface area contributed by atoms with E-state index in [0.717, 1.165) is 50.0 Å². The molecule has 2 amide bonds. The number of nitrogens with one attached hydrogen (secondary N) is 2. The van der Waals surface area contributed by atoms with Gasteiger partial charge in [0.05, 0.1) is 18.1 Å². The fourth-order valence-corrected chi connectivity index (χ4v) is 5.35. The zero-order valence-corrected chi connectivity index (χ0v) is 23.5. The second kappa shape index (κ2) is 12.8. The molecule has 1 saturated heterocycles. The van der Waals surface area contributed by atoms with Crippen molar-refractivity contribution in [2.75, 3.05) is 34.3 Å². The molecule has 0 atom stereocenters. The maximum absolute atomic E-state index is 13.3. The molecule has 1 aliphatic heterocycles. The van der Waals surface area contributed by atoms with E-state index >= 15 is 0 Å². The van der Waals surface area contributed by atoms with Crippen molar-refractivity contribution in [1.82, 2.24) is 14.9 Å². The number of urea groups is 1. The first-order valence-corrected chi connectivity index (χ1v) is 15.2. The van der Waals surface area contributed by atoms with Gasteiger partial charge in [0.1, 0.15) is 5.75 Å². The fraction of sp³-hybridized carbons (Fsp3) is 0.233. The third-order valence-corrected chi connectivity index (χ3v) is 7.28. The molecule has 41 heavy (non-hydrogen) atoms. The molecule has 0 saturated carbocycles. The molecule has 0 radical (unpaired) electrons. The predicted octanol–water partition coefficient (Wildman–Crippen LogP) is 5.34. The molecule has 11 heteroatoms. The van der Waals surface area contributed by atoms with E-state index in [4.69, 9.17) is 4.74 Å². The minimum absolute atomic E-state index is 0.0678. The highest BCUT2D eigenvalue weighted by molar-refractivity contribution is 7.92. The van der Waals surface area contributed by atoms with E-state index in [-0.39, 0.29) is 12.1 Å². The van der Waals surface area contributed by atoms with Gasteiger partial charge in [-0.3, -0.25) is 19.5 Å². The van der Waals surface area contributed by atoms with E-state index in [0.29, 0.717) is 23.0 Å². The first kappa shape index (κ1) is 28.1. The number of nitrogens with zero attached hydrogens (tertiary/aromatic N) is 4. The van der Waals surface area contributed by atoms with E-state index < -0.39 is 10.0 Å². The Morgan fingerprint density at radius 2 is 1.71 bits per heavy atom. The number of sulfonamides is 1. The fourth-order valence-electron chi connectivity index (χ4n) is 4.79. The van der Waals surface area contributed by atoms with Crippen molar-refractivity contribution in [3.8, 4) is 11.6 Å². The molecule has 0 spiro atoms. The monoisotopic (exact) mass is 572 g/mol. The summed E-state index contributed by atoms with van der Waals surface area (Å²) in [5, 5.41) is 2.99. The number of rotatable bonds is 9. The second-order valence-corrected chi connectivity index (χ2v) is 11.6. The zero-order chi connectivity index (χ0) is 28.7. The molecule has 0 unspecified atom stereocenters. The highest BCUT2D eigenvalue weighted by Gasteiger charge is 2.29. The summed E-state index contributed by atoms with van der Waals surface area (Å²) in [4.78, 5) is 26.1. The number of carbonyl (C=O) groups is 1. The molecule has 1 fully saturated rings. The number of pyridine rings is 2. The Morgan fingerprint density at radius 1 is 0.951 bits per heavy atom. The molecule has 10 nitrogen and oxygen atoms in total. The van der Waals surface area contributed by atoms with Crippen LogP contribution in [0.1, 0.15) is 18.4 Å². The SMILES string of the molecule is CS(=O)(=O)Nc1ccc(Oc2ccc(CN3CCC(N(C(=O)Nc4cccnc4)c4ccccc4)CC3)cn2)cc1. The number of anilines is 3. The number of ether oxygens (including phenoxy) is 1. The van der Waals surface area contributed by atoms with Crippen molar-refractivity contribution in [3.63, 3.8) is 0 Å². The molecule has 0 bridgehead atoms. The summed E-state index contributed by atoms with van der Waals surface area (Å²) in [5.74, 6) is 1.01. The number of amides is 2. The second-order valence-electron chi connectivity index (χ2n) is 9.89. The number of likely N-dealkylation sites (tertiary alicyclic amines) is 1. The van der Waals surface area contributed by atoms with Crippen LogP contribution in [0.25, 0.3) is 0 Å². The maximum Gasteiger partial charge on any atom is 0.326 e. The number of aromatic nitrogens is 2. The lowest BCUT2D eigenvalue weighted by atomic mass is 10.0. The summed E-state index contributed by atoms with van der Waals surface area (Å²) >= 11 is 0. The number of para-hydroxylation sites is 1. The highest BCUT2D eigenvalue weighted by atomic mass is 32.2. The molecular formula is C30H32N6O4S. The van der Waals surface area contributed by atoms with E-state index in [2.05, 4.69) is 24.9 Å². The van der Waals surface area contributed by atoms with Crippen molar-refractivity contribution in [2.45, 2.75) is 25.4 Å². The van der Waals surface area contributed by atoms with Crippen molar-refractivity contribution in [1.29, 1.82) is 0 Å². The van der Waals surface area contributed by atoms with Gasteiger partial charge in [-0.1, -0.05) is 24.3 Å². The van der Waals surface area contributed by atoms with Crippen molar-refractivity contribution >= 4 is 33.1 Å². The van der Waals surface area contributed by atoms with Gasteiger partial charge < -0.3 is 10.1 Å². The molecule has 3 heterocycles. The summed E-state index contributed by atoms with van der Waals surface area (Å²) in [6.07, 6.45) is 7.91. The Labute approximate surface area is 240 Å². The largest absolute Gasteiger partial charge is 0.439 e. The minimum Gasteiger partial charge on any atom is -0.439 e. The lowest BCUT2D eigenvalue weighted by Crippen LogP contribution is -2.49. The van der Waals surface area contributed by atoms with Crippen LogP contribution in [0.4, 0.5) is 21.9 Å². The van der Waals surface area contributed by atoms with Gasteiger partial charge in [-0.05, 0) is 66.9 Å². The number of carbonyl (C=O) groups excluding carboxylic acids is 1. The van der Waals surface area contributed by atoms with Crippen LogP contribution >= 0.6 is 0 Å². The standard InChI is InChI=1S/C30H32N6O4S/c1-41(38,39)34-24-10-12-28(13-11-24)40-29-14-9-23(20-32-29)22-35-18-15-27(16-19-35)36(26-7-3-2-4-8-26)30(37)33-25-6-5-17-31-21-25/h2-14,17,20-21,27,34H,15-16,18-19,22H2,1H3,(H,33,37). The van der Waals surface area contributed by atoms with Gasteiger partial charge >= 0.3 is 6.03 Å². The van der Waals surface area contributed by atoms with Gasteiger partial charge in [-0.25, -0.2) is 18.2 Å². The summed E-state index contributed by atoms with van der Waals surface area (Å²) < 4.78 is 31.0. The maximum atomic E-state index is 13.3. The molecule has 212 valence electrons. The molecule has 2 aromatic carbocycles. The quantitative estimate of drug-likeness (QED) is 0.278. The summed E-state index contributed by atoms with van der Waals surface area (Å²) in [7, 11) is -3.33. The van der Waals surface area contributed by atoms with Crippen LogP contribution in [0.3, 0.4) is 0 Å². The Bertz CT molecular complexity index is 1530. The normalized spacial score (nSPS) is 14.3. The van der Waals surface area contributed by atoms with Crippen LogP contribution in [-0.2, 0) is 16.6 Å². The third kappa shape index (κ3) is 8.03. The predicted molar refractivity (Wildman–Crippen MR) is 160 cm³/mol. The van der Waals surface area contributed by atoms with Gasteiger partial charge in [0.25, 0.3) is 0 Å². The van der Waals surface area contributed by atoms with Gasteiger partial charge in [-0.2, -0.15) is 0 Å². The Balaban J connectivity index is 1.16. The van der Waals surface area contributed by atoms with E-state index in [1.54, 1.807) is 48.9 Å². The topological polar surface area (TPSA) is 117 Å². The Kier molecular flexibility index (Phi) is 8.76. The van der Waals surface area contributed by atoms with Crippen LogP contribution in [0, 0.1) is 0 Å². The van der Waals surface area contributed by atoms with Crippen LogP contribution in [0.5, 0.6) is 11.6 Å². The van der Waals surface area contributed by atoms with E-state index in [9.17, 15) is 13.2 Å². The molecule has 4 aromatic rings. The Morgan fingerprint density at radius 3 is 2.34 bits per heavy atom. The molecule has 1 aliphatic rings. The van der Waals surface area contributed by atoms with Crippen molar-refractivity contribution in [3.05, 3.63) is 103 Å². The number of benzene rings is 2. The summed E-state index contributed by atoms with van der Waals surface area (Å²) in [6, 6.07) is 23.7. The molecule has 2 N–H and O–H groups in total. The third-order valence-electron chi connectivity index (χ3n) is 6.67. The molecule has 2 aromatic heterocycles. The van der Waals surface area contributed by atoms with E-state index in [1.807, 2.05) is 53.4 Å². The molecule has 5 rings (SSSR count). The first-order valence-electron chi connectivity index (χ1n) is 13.3. The highest BCUT2D eigenvalue weighted by Crippen LogP contribution is 2.26. The van der Waals surface area contributed by atoms with E-state index in [1.165, 1.54) is 0 Å². The van der Waals surface area contributed by atoms with Crippen LogP contribution in [0.2, 0.25) is 0 Å².